The number of amides is 1. The lowest BCUT2D eigenvalue weighted by atomic mass is 10.0. The van der Waals surface area contributed by atoms with Crippen LogP contribution in [0.1, 0.15) is 36.6 Å². The molecule has 1 amide bonds. The first-order valence-electron chi connectivity index (χ1n) is 8.90. The first-order valence-corrected chi connectivity index (χ1v) is 8.90. The molecule has 2 aromatic rings. The molecule has 0 aliphatic carbocycles. The third-order valence-corrected chi connectivity index (χ3v) is 4.40. The summed E-state index contributed by atoms with van der Waals surface area (Å²) >= 11 is 0. The summed E-state index contributed by atoms with van der Waals surface area (Å²) < 4.78 is 16.1. The Morgan fingerprint density at radius 1 is 1.00 bits per heavy atom. The fourth-order valence-electron chi connectivity index (χ4n) is 2.81. The smallest absolute Gasteiger partial charge is 0.244 e. The molecule has 0 saturated heterocycles. The van der Waals surface area contributed by atoms with Gasteiger partial charge in [-0.15, -0.1) is 0 Å². The quantitative estimate of drug-likeness (QED) is 0.710. The summed E-state index contributed by atoms with van der Waals surface area (Å²) in [5.74, 6) is 1.40. The SMILES string of the molecule is CCc1ccc([C@@H](C)NC(=O)/C=C/c2ccc(OC)c(OC)c2OC)cc1. The van der Waals surface area contributed by atoms with E-state index in [0.29, 0.717) is 17.2 Å². The van der Waals surface area contributed by atoms with Crippen molar-refractivity contribution in [3.8, 4) is 17.2 Å². The average Bonchev–Trinajstić information content (AvgIpc) is 2.71. The third kappa shape index (κ3) is 5.03. The van der Waals surface area contributed by atoms with Crippen molar-refractivity contribution in [1.82, 2.24) is 5.32 Å². The standard InChI is InChI=1S/C22H27NO4/c1-6-16-7-9-17(10-8-16)15(2)23-20(24)14-12-18-11-13-19(25-3)22(27-5)21(18)26-4/h7-15H,6H2,1-5H3,(H,23,24)/b14-12+/t15-/m1/s1. The van der Waals surface area contributed by atoms with E-state index in [-0.39, 0.29) is 11.9 Å². The second-order valence-corrected chi connectivity index (χ2v) is 6.08. The largest absolute Gasteiger partial charge is 0.493 e. The molecule has 1 atom stereocenters. The van der Waals surface area contributed by atoms with Crippen LogP contribution in [-0.2, 0) is 11.2 Å². The van der Waals surface area contributed by atoms with Crippen LogP contribution in [0.25, 0.3) is 6.08 Å². The Bertz CT molecular complexity index is 797. The van der Waals surface area contributed by atoms with Gasteiger partial charge < -0.3 is 19.5 Å². The summed E-state index contributed by atoms with van der Waals surface area (Å²) in [6, 6.07) is 11.8. The van der Waals surface area contributed by atoms with E-state index in [1.54, 1.807) is 33.5 Å². The second-order valence-electron chi connectivity index (χ2n) is 6.08. The lowest BCUT2D eigenvalue weighted by molar-refractivity contribution is -0.117. The van der Waals surface area contributed by atoms with Crippen molar-refractivity contribution in [2.24, 2.45) is 0 Å². The summed E-state index contributed by atoms with van der Waals surface area (Å²) in [6.07, 6.45) is 4.18. The summed E-state index contributed by atoms with van der Waals surface area (Å²) in [7, 11) is 4.66. The Morgan fingerprint density at radius 2 is 1.67 bits per heavy atom. The number of aryl methyl sites for hydroxylation is 1. The zero-order valence-electron chi connectivity index (χ0n) is 16.5. The zero-order chi connectivity index (χ0) is 19.8. The predicted molar refractivity (Wildman–Crippen MR) is 108 cm³/mol. The fraction of sp³-hybridized carbons (Fsp3) is 0.318. The topological polar surface area (TPSA) is 56.8 Å². The molecule has 0 aliphatic rings. The first-order chi connectivity index (χ1) is 13.0. The van der Waals surface area contributed by atoms with Gasteiger partial charge in [-0.1, -0.05) is 31.2 Å². The van der Waals surface area contributed by atoms with Crippen LogP contribution in [-0.4, -0.2) is 27.2 Å². The summed E-state index contributed by atoms with van der Waals surface area (Å²) in [5, 5.41) is 2.97. The maximum atomic E-state index is 12.3. The predicted octanol–water partition coefficient (Wildman–Crippen LogP) is 4.17. The Labute approximate surface area is 161 Å². The number of ether oxygens (including phenoxy) is 3. The van der Waals surface area contributed by atoms with Gasteiger partial charge in [-0.3, -0.25) is 4.79 Å². The van der Waals surface area contributed by atoms with Crippen molar-refractivity contribution in [2.75, 3.05) is 21.3 Å². The molecule has 0 aliphatic heterocycles. The van der Waals surface area contributed by atoms with Crippen molar-refractivity contribution < 1.29 is 19.0 Å². The zero-order valence-corrected chi connectivity index (χ0v) is 16.5. The normalized spacial score (nSPS) is 11.9. The van der Waals surface area contributed by atoms with Gasteiger partial charge in [-0.05, 0) is 42.7 Å². The van der Waals surface area contributed by atoms with Gasteiger partial charge in [0, 0.05) is 11.6 Å². The van der Waals surface area contributed by atoms with Gasteiger partial charge in [0.2, 0.25) is 11.7 Å². The Kier molecular flexibility index (Phi) is 7.29. The summed E-state index contributed by atoms with van der Waals surface area (Å²) in [5.41, 5.74) is 3.07. The van der Waals surface area contributed by atoms with Crippen LogP contribution >= 0.6 is 0 Å². The molecular weight excluding hydrogens is 342 g/mol. The number of methoxy groups -OCH3 is 3. The van der Waals surface area contributed by atoms with Crippen molar-refractivity contribution in [3.05, 3.63) is 59.2 Å². The molecule has 27 heavy (non-hydrogen) atoms. The molecule has 0 unspecified atom stereocenters. The van der Waals surface area contributed by atoms with Gasteiger partial charge in [0.1, 0.15) is 0 Å². The van der Waals surface area contributed by atoms with Gasteiger partial charge >= 0.3 is 0 Å². The first kappa shape index (κ1) is 20.4. The molecule has 0 saturated carbocycles. The molecule has 5 heteroatoms. The van der Waals surface area contributed by atoms with Crippen LogP contribution in [0.3, 0.4) is 0 Å². The van der Waals surface area contributed by atoms with E-state index >= 15 is 0 Å². The van der Waals surface area contributed by atoms with Crippen LogP contribution in [0.2, 0.25) is 0 Å². The molecule has 0 heterocycles. The maximum Gasteiger partial charge on any atom is 0.244 e. The number of hydrogen-bond acceptors (Lipinski definition) is 4. The maximum absolute atomic E-state index is 12.3. The molecular formula is C22H27NO4. The van der Waals surface area contributed by atoms with Crippen LogP contribution in [0.15, 0.2) is 42.5 Å². The third-order valence-electron chi connectivity index (χ3n) is 4.40. The van der Waals surface area contributed by atoms with Crippen LogP contribution in [0, 0.1) is 0 Å². The van der Waals surface area contributed by atoms with Crippen LogP contribution in [0.5, 0.6) is 17.2 Å². The van der Waals surface area contributed by atoms with E-state index in [1.165, 1.54) is 11.6 Å². The Balaban J connectivity index is 2.11. The number of rotatable bonds is 8. The highest BCUT2D eigenvalue weighted by Gasteiger charge is 2.14. The minimum absolute atomic E-state index is 0.0830. The van der Waals surface area contributed by atoms with E-state index in [1.807, 2.05) is 25.1 Å². The average molecular weight is 369 g/mol. The molecule has 2 aromatic carbocycles. The number of carbonyl (C=O) groups is 1. The molecule has 0 spiro atoms. The highest BCUT2D eigenvalue weighted by Crippen LogP contribution is 2.40. The summed E-state index contributed by atoms with van der Waals surface area (Å²) in [6.45, 7) is 4.08. The van der Waals surface area contributed by atoms with Crippen LogP contribution < -0.4 is 19.5 Å². The van der Waals surface area contributed by atoms with Gasteiger partial charge in [-0.25, -0.2) is 0 Å². The monoisotopic (exact) mass is 369 g/mol. The highest BCUT2D eigenvalue weighted by molar-refractivity contribution is 5.92. The molecule has 144 valence electrons. The fourth-order valence-corrected chi connectivity index (χ4v) is 2.81. The van der Waals surface area contributed by atoms with E-state index < -0.39 is 0 Å². The van der Waals surface area contributed by atoms with E-state index in [4.69, 9.17) is 14.2 Å². The van der Waals surface area contributed by atoms with Crippen molar-refractivity contribution in [3.63, 3.8) is 0 Å². The number of nitrogens with one attached hydrogen (secondary N) is 1. The lowest BCUT2D eigenvalue weighted by Crippen LogP contribution is -2.24. The Hall–Kier alpha value is -2.95. The minimum Gasteiger partial charge on any atom is -0.493 e. The summed E-state index contributed by atoms with van der Waals surface area (Å²) in [4.78, 5) is 12.3. The molecule has 2 rings (SSSR count). The van der Waals surface area contributed by atoms with Gasteiger partial charge in [0.05, 0.1) is 27.4 Å². The van der Waals surface area contributed by atoms with Gasteiger partial charge in [0.15, 0.2) is 11.5 Å². The molecule has 5 nitrogen and oxygen atoms in total. The van der Waals surface area contributed by atoms with Gasteiger partial charge in [0.25, 0.3) is 0 Å². The van der Waals surface area contributed by atoms with Gasteiger partial charge in [-0.2, -0.15) is 0 Å². The Morgan fingerprint density at radius 3 is 2.22 bits per heavy atom. The molecule has 0 radical (unpaired) electrons. The van der Waals surface area contributed by atoms with Crippen molar-refractivity contribution in [2.45, 2.75) is 26.3 Å². The molecule has 0 fully saturated rings. The highest BCUT2D eigenvalue weighted by atomic mass is 16.5. The van der Waals surface area contributed by atoms with Crippen molar-refractivity contribution in [1.29, 1.82) is 0 Å². The van der Waals surface area contributed by atoms with Crippen LogP contribution in [0.4, 0.5) is 0 Å². The van der Waals surface area contributed by atoms with Crippen molar-refractivity contribution >= 4 is 12.0 Å². The van der Waals surface area contributed by atoms with E-state index in [2.05, 4.69) is 24.4 Å². The number of benzene rings is 2. The second kappa shape index (κ2) is 9.67. The van der Waals surface area contributed by atoms with E-state index in [9.17, 15) is 4.79 Å². The molecule has 1 N–H and O–H groups in total. The molecule has 0 bridgehead atoms. The molecule has 0 aromatic heterocycles. The van der Waals surface area contributed by atoms with E-state index in [0.717, 1.165) is 17.5 Å². The number of hydrogen-bond donors (Lipinski definition) is 1. The minimum atomic E-state index is -0.182. The lowest BCUT2D eigenvalue weighted by Gasteiger charge is -2.15. The number of carbonyl (C=O) groups excluding carboxylic acids is 1.